The number of morpholine rings is 1. The third-order valence-electron chi connectivity index (χ3n) is 4.67. The van der Waals surface area contributed by atoms with E-state index in [1.54, 1.807) is 11.9 Å². The monoisotopic (exact) mass is 369 g/mol. The highest BCUT2D eigenvalue weighted by Gasteiger charge is 2.30. The molecule has 8 nitrogen and oxygen atoms in total. The molecule has 0 aliphatic carbocycles. The summed E-state index contributed by atoms with van der Waals surface area (Å²) in [6, 6.07) is 0.571. The number of amides is 1. The molecule has 1 amide bonds. The summed E-state index contributed by atoms with van der Waals surface area (Å²) < 4.78 is 10.8. The van der Waals surface area contributed by atoms with Crippen LogP contribution in [0.4, 0.5) is 4.79 Å². The number of hydrogen-bond acceptors (Lipinski definition) is 5. The lowest BCUT2D eigenvalue weighted by molar-refractivity contribution is 0.0194. The number of likely N-dealkylation sites (N-methyl/N-ethyl adjacent to an activating group) is 1. The van der Waals surface area contributed by atoms with Gasteiger partial charge in [0.15, 0.2) is 5.96 Å². The van der Waals surface area contributed by atoms with Crippen LogP contribution >= 0.6 is 0 Å². The quantitative estimate of drug-likeness (QED) is 0.585. The maximum Gasteiger partial charge on any atom is 0.410 e. The molecule has 0 aromatic rings. The predicted octanol–water partition coefficient (Wildman–Crippen LogP) is 0.835. The van der Waals surface area contributed by atoms with E-state index in [0.717, 1.165) is 51.8 Å². The van der Waals surface area contributed by atoms with Crippen molar-refractivity contribution >= 4 is 12.1 Å². The topological polar surface area (TPSA) is 69.6 Å². The van der Waals surface area contributed by atoms with Crippen LogP contribution in [-0.4, -0.2) is 105 Å². The van der Waals surface area contributed by atoms with E-state index < -0.39 is 5.60 Å². The lowest BCUT2D eigenvalue weighted by Crippen LogP contribution is -2.47. The van der Waals surface area contributed by atoms with Crippen LogP contribution in [0.2, 0.25) is 0 Å². The summed E-state index contributed by atoms with van der Waals surface area (Å²) in [5.41, 5.74) is -0.473. The Hall–Kier alpha value is -1.54. The fourth-order valence-corrected chi connectivity index (χ4v) is 3.27. The summed E-state index contributed by atoms with van der Waals surface area (Å²) >= 11 is 0. The van der Waals surface area contributed by atoms with Gasteiger partial charge in [0.05, 0.1) is 13.2 Å². The molecule has 2 aliphatic rings. The zero-order valence-electron chi connectivity index (χ0n) is 17.0. The van der Waals surface area contributed by atoms with Crippen LogP contribution in [0.1, 0.15) is 27.2 Å². The summed E-state index contributed by atoms with van der Waals surface area (Å²) in [5.74, 6) is 0.901. The molecule has 0 aromatic heterocycles. The van der Waals surface area contributed by atoms with Gasteiger partial charge in [0.2, 0.25) is 0 Å². The van der Waals surface area contributed by atoms with Crippen LogP contribution < -0.4 is 5.32 Å². The zero-order valence-corrected chi connectivity index (χ0v) is 17.0. The first kappa shape index (κ1) is 20.8. The molecule has 2 saturated heterocycles. The Morgan fingerprint density at radius 1 is 1.31 bits per heavy atom. The minimum atomic E-state index is -0.473. The van der Waals surface area contributed by atoms with E-state index in [9.17, 15) is 4.79 Å². The predicted molar refractivity (Wildman–Crippen MR) is 103 cm³/mol. The van der Waals surface area contributed by atoms with Crippen molar-refractivity contribution in [3.05, 3.63) is 0 Å². The average Bonchev–Trinajstić information content (AvgIpc) is 3.07. The van der Waals surface area contributed by atoms with Gasteiger partial charge in [-0.15, -0.1) is 0 Å². The van der Waals surface area contributed by atoms with Crippen molar-refractivity contribution < 1.29 is 14.3 Å². The molecule has 0 spiro atoms. The molecule has 0 aromatic carbocycles. The highest BCUT2D eigenvalue weighted by Crippen LogP contribution is 2.17. The average molecular weight is 370 g/mol. The smallest absolute Gasteiger partial charge is 0.410 e. The molecular formula is C18H35N5O3. The molecule has 0 radical (unpaired) electrons. The minimum Gasteiger partial charge on any atom is -0.444 e. The second-order valence-corrected chi connectivity index (χ2v) is 7.91. The highest BCUT2D eigenvalue weighted by molar-refractivity contribution is 5.80. The molecule has 2 aliphatic heterocycles. The number of hydrogen-bond donors (Lipinski definition) is 1. The maximum atomic E-state index is 12.0. The molecule has 150 valence electrons. The fraction of sp³-hybridized carbons (Fsp3) is 0.889. The molecule has 2 heterocycles. The SMILES string of the molecule is CN=C(NCCN(C)C(=O)OC(C)(C)C)N1CCC(N2CCOCC2)C1. The van der Waals surface area contributed by atoms with Crippen LogP contribution in [0, 0.1) is 0 Å². The Kier molecular flexibility index (Phi) is 7.52. The van der Waals surface area contributed by atoms with Crippen molar-refractivity contribution in [1.29, 1.82) is 0 Å². The Morgan fingerprint density at radius 3 is 2.62 bits per heavy atom. The Bertz CT molecular complexity index is 486. The first-order valence-corrected chi connectivity index (χ1v) is 9.51. The lowest BCUT2D eigenvalue weighted by atomic mass is 10.2. The van der Waals surface area contributed by atoms with Gasteiger partial charge in [0, 0.05) is 59.4 Å². The van der Waals surface area contributed by atoms with Gasteiger partial charge < -0.3 is 24.6 Å². The number of rotatable bonds is 4. The number of carbonyl (C=O) groups is 1. The lowest BCUT2D eigenvalue weighted by Gasteiger charge is -2.32. The van der Waals surface area contributed by atoms with Crippen LogP contribution in [-0.2, 0) is 9.47 Å². The number of likely N-dealkylation sites (tertiary alicyclic amines) is 1. The van der Waals surface area contributed by atoms with Crippen molar-refractivity contribution in [1.82, 2.24) is 20.0 Å². The Balaban J connectivity index is 1.73. The molecule has 1 N–H and O–H groups in total. The summed E-state index contributed by atoms with van der Waals surface area (Å²) in [4.78, 5) is 22.8. The molecule has 1 atom stereocenters. The number of carbonyl (C=O) groups excluding carboxylic acids is 1. The van der Waals surface area contributed by atoms with E-state index in [1.807, 2.05) is 27.8 Å². The normalized spacial score (nSPS) is 22.4. The molecule has 0 saturated carbocycles. The van der Waals surface area contributed by atoms with Gasteiger partial charge in [-0.2, -0.15) is 0 Å². The highest BCUT2D eigenvalue weighted by atomic mass is 16.6. The number of guanidine groups is 1. The van der Waals surface area contributed by atoms with Gasteiger partial charge in [0.1, 0.15) is 5.60 Å². The summed E-state index contributed by atoms with van der Waals surface area (Å²) in [5, 5.41) is 3.37. The van der Waals surface area contributed by atoms with Gasteiger partial charge in [-0.3, -0.25) is 9.89 Å². The molecule has 2 rings (SSSR count). The first-order valence-electron chi connectivity index (χ1n) is 9.51. The second-order valence-electron chi connectivity index (χ2n) is 7.91. The number of aliphatic imine (C=N–C) groups is 1. The van der Waals surface area contributed by atoms with Crippen molar-refractivity contribution in [2.45, 2.75) is 38.8 Å². The van der Waals surface area contributed by atoms with Crippen molar-refractivity contribution in [3.8, 4) is 0 Å². The van der Waals surface area contributed by atoms with Crippen molar-refractivity contribution in [2.75, 3.05) is 66.6 Å². The zero-order chi connectivity index (χ0) is 19.2. The number of nitrogens with one attached hydrogen (secondary N) is 1. The third kappa shape index (κ3) is 6.32. The van der Waals surface area contributed by atoms with E-state index in [-0.39, 0.29) is 6.09 Å². The van der Waals surface area contributed by atoms with Gasteiger partial charge in [0.25, 0.3) is 0 Å². The number of ether oxygens (including phenoxy) is 2. The molecule has 0 bridgehead atoms. The Labute approximate surface area is 157 Å². The van der Waals surface area contributed by atoms with Crippen LogP contribution in [0.15, 0.2) is 4.99 Å². The summed E-state index contributed by atoms with van der Waals surface area (Å²) in [6.45, 7) is 12.5. The van der Waals surface area contributed by atoms with E-state index in [0.29, 0.717) is 19.1 Å². The van der Waals surface area contributed by atoms with Gasteiger partial charge >= 0.3 is 6.09 Å². The minimum absolute atomic E-state index is 0.303. The Morgan fingerprint density at radius 2 is 2.00 bits per heavy atom. The van der Waals surface area contributed by atoms with Crippen molar-refractivity contribution in [2.24, 2.45) is 4.99 Å². The van der Waals surface area contributed by atoms with Gasteiger partial charge in [-0.1, -0.05) is 0 Å². The van der Waals surface area contributed by atoms with E-state index in [1.165, 1.54) is 0 Å². The third-order valence-corrected chi connectivity index (χ3v) is 4.67. The van der Waals surface area contributed by atoms with Crippen LogP contribution in [0.3, 0.4) is 0 Å². The molecule has 8 heteroatoms. The molecule has 2 fully saturated rings. The van der Waals surface area contributed by atoms with Crippen LogP contribution in [0.25, 0.3) is 0 Å². The van der Waals surface area contributed by atoms with Gasteiger partial charge in [-0.05, 0) is 27.2 Å². The summed E-state index contributed by atoms with van der Waals surface area (Å²) in [6.07, 6.45) is 0.848. The van der Waals surface area contributed by atoms with E-state index >= 15 is 0 Å². The maximum absolute atomic E-state index is 12.0. The number of nitrogens with zero attached hydrogens (tertiary/aromatic N) is 4. The largest absolute Gasteiger partial charge is 0.444 e. The fourth-order valence-electron chi connectivity index (χ4n) is 3.27. The van der Waals surface area contributed by atoms with Crippen LogP contribution in [0.5, 0.6) is 0 Å². The first-order chi connectivity index (χ1) is 12.3. The molecule has 1 unspecified atom stereocenters. The van der Waals surface area contributed by atoms with E-state index in [4.69, 9.17) is 9.47 Å². The van der Waals surface area contributed by atoms with Gasteiger partial charge in [-0.25, -0.2) is 4.79 Å². The van der Waals surface area contributed by atoms with E-state index in [2.05, 4.69) is 20.1 Å². The standard InChI is InChI=1S/C18H35N5O3/c1-18(2,3)26-17(24)21(5)9-7-20-16(19-4)23-8-6-15(14-23)22-10-12-25-13-11-22/h15H,6-14H2,1-5H3,(H,19,20). The molecular weight excluding hydrogens is 334 g/mol. The molecule has 26 heavy (non-hydrogen) atoms. The second kappa shape index (κ2) is 9.41. The summed E-state index contributed by atoms with van der Waals surface area (Å²) in [7, 11) is 3.56. The van der Waals surface area contributed by atoms with Crippen molar-refractivity contribution in [3.63, 3.8) is 0 Å².